The summed E-state index contributed by atoms with van der Waals surface area (Å²) in [6.07, 6.45) is 0. The van der Waals surface area contributed by atoms with Gasteiger partial charge in [0, 0.05) is 0 Å². The van der Waals surface area contributed by atoms with Crippen molar-refractivity contribution in [2.75, 3.05) is 0 Å². The summed E-state index contributed by atoms with van der Waals surface area (Å²) in [7, 11) is 0. The minimum Gasteiger partial charge on any atom is -1.00 e. The van der Waals surface area contributed by atoms with E-state index in [0.717, 1.165) is 0 Å². The second kappa shape index (κ2) is 17.8. The van der Waals surface area contributed by atoms with Crippen LogP contribution in [-0.4, -0.2) is 83.6 Å². The predicted molar refractivity (Wildman–Crippen MR) is 28.1 cm³/mol. The summed E-state index contributed by atoms with van der Waals surface area (Å²) in [4.78, 5) is 0. The van der Waals surface area contributed by atoms with E-state index in [1.165, 1.54) is 0 Å². The van der Waals surface area contributed by atoms with Gasteiger partial charge in [-0.2, -0.15) is 0 Å². The fourth-order valence-electron chi connectivity index (χ4n) is 0. The summed E-state index contributed by atoms with van der Waals surface area (Å²) in [5.74, 6) is 0. The van der Waals surface area contributed by atoms with Gasteiger partial charge in [-0.3, -0.25) is 0 Å². The standard InChI is InChI=1S/Al.Ca.Mg.H2O.6H/h;;;1H2;;;;;;/q;2*+2;;;;4*-1. The molecule has 4 heavy (non-hydrogen) atoms. The fraction of sp³-hybridized carbons (Fsp3) is 0. The summed E-state index contributed by atoms with van der Waals surface area (Å²) in [5.41, 5.74) is 0. The van der Waals surface area contributed by atoms with Gasteiger partial charge in [0.1, 0.15) is 17.4 Å². The van der Waals surface area contributed by atoms with Crippen LogP contribution in [0.4, 0.5) is 0 Å². The molecule has 4 heteroatoms. The Hall–Kier alpha value is 2.52. The molecule has 21 valence electrons. The van der Waals surface area contributed by atoms with Crippen LogP contribution in [0.1, 0.15) is 5.71 Å². The molecular weight excluding hydrogens is 107 g/mol. The van der Waals surface area contributed by atoms with Gasteiger partial charge >= 0.3 is 60.8 Å². The monoisotopic (exact) mass is 115 g/mol. The number of rotatable bonds is 0. The Labute approximate surface area is 88.0 Å². The van der Waals surface area contributed by atoms with Gasteiger partial charge in [-0.05, 0) is 0 Å². The van der Waals surface area contributed by atoms with Gasteiger partial charge in [0.2, 0.25) is 0 Å². The molecule has 1 nitrogen and oxygen atoms in total. The Bertz CT molecular complexity index is 16.0. The van der Waals surface area contributed by atoms with Crippen molar-refractivity contribution in [3.63, 3.8) is 0 Å². The minimum atomic E-state index is 0. The maximum atomic E-state index is 0. The van der Waals surface area contributed by atoms with Gasteiger partial charge in [-0.1, -0.05) is 0 Å². The zero-order valence-corrected chi connectivity index (χ0v) is 8.54. The van der Waals surface area contributed by atoms with Crippen molar-refractivity contribution in [1.82, 2.24) is 0 Å². The van der Waals surface area contributed by atoms with Gasteiger partial charge in [-0.25, -0.2) is 0 Å². The summed E-state index contributed by atoms with van der Waals surface area (Å²) < 4.78 is 0. The Morgan fingerprint density at radius 1 is 1.25 bits per heavy atom. The van der Waals surface area contributed by atoms with Crippen molar-refractivity contribution < 1.29 is 11.2 Å². The van der Waals surface area contributed by atoms with Crippen molar-refractivity contribution in [3.05, 3.63) is 0 Å². The molecule has 0 fully saturated rings. The van der Waals surface area contributed by atoms with Gasteiger partial charge in [0.15, 0.2) is 0 Å². The average Bonchev–Trinajstić information content (AvgIpc) is 0. The van der Waals surface area contributed by atoms with Crippen molar-refractivity contribution >= 4 is 78.2 Å². The van der Waals surface area contributed by atoms with Crippen molar-refractivity contribution in [3.8, 4) is 0 Å². The van der Waals surface area contributed by atoms with Crippen molar-refractivity contribution in [1.29, 1.82) is 0 Å². The molecule has 0 aliphatic carbocycles. The summed E-state index contributed by atoms with van der Waals surface area (Å²) in [6, 6.07) is 0. The van der Waals surface area contributed by atoms with Crippen LogP contribution in [0.5, 0.6) is 0 Å². The maximum absolute atomic E-state index is 0. The fourth-order valence-corrected chi connectivity index (χ4v) is 0. The van der Waals surface area contributed by atoms with Crippen LogP contribution in [0.3, 0.4) is 0 Å². The van der Waals surface area contributed by atoms with E-state index in [9.17, 15) is 0 Å². The SMILES string of the molecule is O.[AlH2].[Ca+2].[H-].[H-].[H-].[H-].[Mg+2]. The average molecular weight is 115 g/mol. The van der Waals surface area contributed by atoms with E-state index < -0.39 is 0 Å². The van der Waals surface area contributed by atoms with Gasteiger partial charge in [-0.15, -0.1) is 0 Å². The first-order valence-corrected chi connectivity index (χ1v) is 0. The third-order valence-electron chi connectivity index (χ3n) is 0. The molecule has 0 aromatic carbocycles. The van der Waals surface area contributed by atoms with Gasteiger partial charge < -0.3 is 11.2 Å². The van der Waals surface area contributed by atoms with Crippen LogP contribution in [0.15, 0.2) is 0 Å². The third-order valence-corrected chi connectivity index (χ3v) is 0. The van der Waals surface area contributed by atoms with E-state index in [4.69, 9.17) is 0 Å². The number of hydrogen-bond donors (Lipinski definition) is 0. The van der Waals surface area contributed by atoms with Crippen LogP contribution in [-0.2, 0) is 0 Å². The molecule has 0 saturated carbocycles. The molecule has 0 heterocycles. The number of hydrogen-bond acceptors (Lipinski definition) is 0. The second-order valence-electron chi connectivity index (χ2n) is 0. The summed E-state index contributed by atoms with van der Waals surface area (Å²) in [6.45, 7) is 0. The molecule has 0 aromatic heterocycles. The van der Waals surface area contributed by atoms with Gasteiger partial charge in [0.05, 0.1) is 0 Å². The second-order valence-corrected chi connectivity index (χ2v) is 0. The Balaban J connectivity index is 0. The first-order valence-electron chi connectivity index (χ1n) is 0. The molecule has 0 aliphatic heterocycles. The molecule has 0 bridgehead atoms. The van der Waals surface area contributed by atoms with E-state index in [0.29, 0.717) is 0 Å². The van der Waals surface area contributed by atoms with Crippen molar-refractivity contribution in [2.45, 2.75) is 0 Å². The zero-order chi connectivity index (χ0) is 0. The minimum absolute atomic E-state index is 0. The van der Waals surface area contributed by atoms with E-state index in [-0.39, 0.29) is 89.3 Å². The van der Waals surface area contributed by atoms with Gasteiger partial charge in [0.25, 0.3) is 0 Å². The molecule has 0 aromatic rings. The van der Waals surface area contributed by atoms with Crippen LogP contribution in [0, 0.1) is 0 Å². The van der Waals surface area contributed by atoms with E-state index >= 15 is 0 Å². The predicted octanol–water partition coefficient (Wildman–Crippen LogP) is -2.05. The molecule has 1 radical (unpaired) electrons. The molecule has 0 rings (SSSR count). The quantitative estimate of drug-likeness (QED) is 0.326. The van der Waals surface area contributed by atoms with Crippen LogP contribution >= 0.6 is 0 Å². The molecule has 0 atom stereocenters. The van der Waals surface area contributed by atoms with Crippen molar-refractivity contribution in [2.24, 2.45) is 0 Å². The van der Waals surface area contributed by atoms with Crippen LogP contribution in [0.2, 0.25) is 0 Å². The molecule has 0 aliphatic rings. The first kappa shape index (κ1) is 31.3. The topological polar surface area (TPSA) is 31.5 Å². The van der Waals surface area contributed by atoms with E-state index in [1.807, 2.05) is 0 Å². The first-order chi connectivity index (χ1) is 0. The third kappa shape index (κ3) is 8.82. The molecule has 0 spiro atoms. The van der Waals surface area contributed by atoms with Crippen LogP contribution < -0.4 is 0 Å². The van der Waals surface area contributed by atoms with E-state index in [1.54, 1.807) is 0 Å². The molecular formula is H8AlCaMgO. The smallest absolute Gasteiger partial charge is 1.00 e. The largest absolute Gasteiger partial charge is 2.00 e. The maximum Gasteiger partial charge on any atom is 2.00 e. The Morgan fingerprint density at radius 3 is 1.25 bits per heavy atom. The normalized spacial score (nSPS) is 0. The molecule has 0 saturated heterocycles. The zero-order valence-electron chi connectivity index (χ0n) is 6.91. The van der Waals surface area contributed by atoms with Crippen LogP contribution in [0.25, 0.3) is 0 Å². The summed E-state index contributed by atoms with van der Waals surface area (Å²) in [5, 5.41) is 0. The summed E-state index contributed by atoms with van der Waals surface area (Å²) >= 11 is 0. The molecule has 2 N–H and O–H groups in total. The Kier molecular flexibility index (Phi) is 139. The Morgan fingerprint density at radius 2 is 1.25 bits per heavy atom. The van der Waals surface area contributed by atoms with E-state index in [2.05, 4.69) is 0 Å². The molecule has 0 unspecified atom stereocenters. The molecule has 0 amide bonds.